The maximum atomic E-state index is 5.47. The first kappa shape index (κ1) is 15.9. The molecule has 2 rings (SSSR count). The van der Waals surface area contributed by atoms with Gasteiger partial charge in [0, 0.05) is 12.6 Å². The molecule has 1 saturated heterocycles. The number of nitrogens with two attached hydrogens (primary N) is 1. The summed E-state index contributed by atoms with van der Waals surface area (Å²) < 4.78 is 5.37. The van der Waals surface area contributed by atoms with E-state index in [1.54, 1.807) is 7.11 Å². The zero-order valence-electron chi connectivity index (χ0n) is 13.2. The minimum absolute atomic E-state index is 0.372. The largest absolute Gasteiger partial charge is 0.495 e. The maximum absolute atomic E-state index is 5.47. The van der Waals surface area contributed by atoms with Gasteiger partial charge in [-0.2, -0.15) is 0 Å². The lowest BCUT2D eigenvalue weighted by atomic mass is 10.1. The molecule has 1 heterocycles. The molecule has 1 fully saturated rings. The van der Waals surface area contributed by atoms with Crippen LogP contribution >= 0.6 is 0 Å². The minimum atomic E-state index is 0.372. The molecule has 0 aromatic heterocycles. The Labute approximate surface area is 128 Å². The van der Waals surface area contributed by atoms with E-state index in [9.17, 15) is 0 Å². The van der Waals surface area contributed by atoms with E-state index in [2.05, 4.69) is 35.8 Å². The van der Waals surface area contributed by atoms with Gasteiger partial charge in [-0.05, 0) is 44.0 Å². The summed E-state index contributed by atoms with van der Waals surface area (Å²) in [6.07, 6.45) is 5.32. The maximum Gasteiger partial charge on any atom is 0.134 e. The average molecular weight is 286 g/mol. The lowest BCUT2D eigenvalue weighted by Crippen LogP contribution is -2.31. The first-order valence-corrected chi connectivity index (χ1v) is 7.84. The van der Waals surface area contributed by atoms with E-state index in [0.717, 1.165) is 17.9 Å². The van der Waals surface area contributed by atoms with Gasteiger partial charge in [-0.25, -0.2) is 0 Å². The van der Waals surface area contributed by atoms with Gasteiger partial charge < -0.3 is 10.5 Å². The normalized spacial score (nSPS) is 19.5. The van der Waals surface area contributed by atoms with Crippen LogP contribution in [0.4, 0.5) is 0 Å². The summed E-state index contributed by atoms with van der Waals surface area (Å²) in [6, 6.07) is 6.95. The molecule has 0 aliphatic carbocycles. The lowest BCUT2D eigenvalue weighted by molar-refractivity contribution is 0.205. The second kappa shape index (κ2) is 8.07. The van der Waals surface area contributed by atoms with Crippen LogP contribution < -0.4 is 10.5 Å². The molecule has 0 amide bonds. The summed E-state index contributed by atoms with van der Waals surface area (Å²) in [5, 5.41) is 0. The Morgan fingerprint density at radius 2 is 2.19 bits per heavy atom. The van der Waals surface area contributed by atoms with E-state index in [-0.39, 0.29) is 0 Å². The van der Waals surface area contributed by atoms with E-state index >= 15 is 0 Å². The number of nitrogens with zero attached hydrogens (tertiary/aromatic N) is 1. The molecule has 0 bridgehead atoms. The fourth-order valence-electron chi connectivity index (χ4n) is 2.90. The van der Waals surface area contributed by atoms with Gasteiger partial charge in [0.15, 0.2) is 0 Å². The van der Waals surface area contributed by atoms with Crippen molar-refractivity contribution < 1.29 is 4.74 Å². The molecular formula is C18H26N2O. The van der Waals surface area contributed by atoms with Gasteiger partial charge in [0.1, 0.15) is 5.75 Å². The molecule has 1 atom stereocenters. The van der Waals surface area contributed by atoms with Gasteiger partial charge in [-0.15, -0.1) is 0 Å². The quantitative estimate of drug-likeness (QED) is 0.868. The summed E-state index contributed by atoms with van der Waals surface area (Å²) in [5.41, 5.74) is 7.70. The predicted octanol–water partition coefficient (Wildman–Crippen LogP) is 2.77. The molecular weight excluding hydrogens is 260 g/mol. The number of likely N-dealkylation sites (tertiary alicyclic amines) is 1. The summed E-state index contributed by atoms with van der Waals surface area (Å²) in [4.78, 5) is 2.58. The van der Waals surface area contributed by atoms with E-state index in [0.29, 0.717) is 12.6 Å². The molecule has 1 unspecified atom stereocenters. The predicted molar refractivity (Wildman–Crippen MR) is 87.3 cm³/mol. The average Bonchev–Trinajstić information content (AvgIpc) is 2.70. The number of rotatable bonds is 3. The second-order valence-electron chi connectivity index (χ2n) is 5.71. The van der Waals surface area contributed by atoms with Crippen molar-refractivity contribution in [2.24, 2.45) is 5.73 Å². The molecule has 114 valence electrons. The van der Waals surface area contributed by atoms with E-state index in [4.69, 9.17) is 10.5 Å². The van der Waals surface area contributed by atoms with Crippen molar-refractivity contribution >= 4 is 0 Å². The van der Waals surface area contributed by atoms with Gasteiger partial charge in [0.2, 0.25) is 0 Å². The third-order valence-corrected chi connectivity index (χ3v) is 4.17. The Kier molecular flexibility index (Phi) is 6.10. The van der Waals surface area contributed by atoms with Crippen molar-refractivity contribution in [2.75, 3.05) is 20.2 Å². The monoisotopic (exact) mass is 286 g/mol. The lowest BCUT2D eigenvalue weighted by Gasteiger charge is -2.27. The Hall–Kier alpha value is -1.50. The van der Waals surface area contributed by atoms with Crippen LogP contribution in [-0.4, -0.2) is 31.1 Å². The van der Waals surface area contributed by atoms with E-state index < -0.39 is 0 Å². The molecule has 0 radical (unpaired) electrons. The van der Waals surface area contributed by atoms with Gasteiger partial charge in [0.25, 0.3) is 0 Å². The topological polar surface area (TPSA) is 38.5 Å². The highest BCUT2D eigenvalue weighted by Crippen LogP contribution is 2.23. The van der Waals surface area contributed by atoms with Gasteiger partial charge in [-0.1, -0.05) is 30.7 Å². The van der Waals surface area contributed by atoms with Crippen LogP contribution in [0, 0.1) is 11.8 Å². The highest BCUT2D eigenvalue weighted by Gasteiger charge is 2.17. The zero-order valence-corrected chi connectivity index (χ0v) is 13.2. The summed E-state index contributed by atoms with van der Waals surface area (Å²) >= 11 is 0. The van der Waals surface area contributed by atoms with Crippen LogP contribution in [0.15, 0.2) is 18.2 Å². The number of methoxy groups -OCH3 is 1. The van der Waals surface area contributed by atoms with Crippen LogP contribution in [0.25, 0.3) is 0 Å². The third kappa shape index (κ3) is 4.49. The Morgan fingerprint density at radius 1 is 1.33 bits per heavy atom. The number of benzene rings is 1. The first-order chi connectivity index (χ1) is 10.2. The molecule has 21 heavy (non-hydrogen) atoms. The van der Waals surface area contributed by atoms with Gasteiger partial charge in [-0.3, -0.25) is 4.90 Å². The Morgan fingerprint density at radius 3 is 2.95 bits per heavy atom. The minimum Gasteiger partial charge on any atom is -0.495 e. The van der Waals surface area contributed by atoms with Gasteiger partial charge >= 0.3 is 0 Å². The molecule has 1 aliphatic rings. The second-order valence-corrected chi connectivity index (χ2v) is 5.71. The highest BCUT2D eigenvalue weighted by atomic mass is 16.5. The molecule has 2 N–H and O–H groups in total. The third-order valence-electron chi connectivity index (χ3n) is 4.17. The smallest absolute Gasteiger partial charge is 0.134 e. The molecule has 3 nitrogen and oxygen atoms in total. The van der Waals surface area contributed by atoms with Crippen LogP contribution in [0.3, 0.4) is 0 Å². The standard InChI is InChI=1S/C18H26N2O/c1-15-7-4-3-5-12-20(15)14-16-9-10-18(21-2)17(13-16)8-6-11-19/h9-10,13,15H,3-5,7,11-12,14,19H2,1-2H3. The molecule has 1 aliphatic heterocycles. The fourth-order valence-corrected chi connectivity index (χ4v) is 2.90. The van der Waals surface area contributed by atoms with Crippen molar-refractivity contribution in [3.63, 3.8) is 0 Å². The fraction of sp³-hybridized carbons (Fsp3) is 0.556. The van der Waals surface area contributed by atoms with Crippen LogP contribution in [-0.2, 0) is 6.54 Å². The van der Waals surface area contributed by atoms with Crippen molar-refractivity contribution in [2.45, 2.75) is 45.2 Å². The molecule has 0 spiro atoms. The molecule has 3 heteroatoms. The number of hydrogen-bond donors (Lipinski definition) is 1. The van der Waals surface area contributed by atoms with E-state index in [1.165, 1.54) is 37.8 Å². The number of ether oxygens (including phenoxy) is 1. The van der Waals surface area contributed by atoms with Crippen LogP contribution in [0.1, 0.15) is 43.7 Å². The van der Waals surface area contributed by atoms with Crippen molar-refractivity contribution in [1.82, 2.24) is 4.90 Å². The Bertz CT molecular complexity index is 516. The summed E-state index contributed by atoms with van der Waals surface area (Å²) in [7, 11) is 1.68. The molecule has 1 aromatic rings. The Balaban J connectivity index is 2.15. The van der Waals surface area contributed by atoms with E-state index in [1.807, 2.05) is 6.07 Å². The van der Waals surface area contributed by atoms with Gasteiger partial charge in [0.05, 0.1) is 19.2 Å². The molecule has 1 aromatic carbocycles. The van der Waals surface area contributed by atoms with Crippen molar-refractivity contribution in [3.8, 4) is 17.6 Å². The number of hydrogen-bond acceptors (Lipinski definition) is 3. The first-order valence-electron chi connectivity index (χ1n) is 7.84. The van der Waals surface area contributed by atoms with Crippen LogP contribution in [0.5, 0.6) is 5.75 Å². The SMILES string of the molecule is COc1ccc(CN2CCCCCC2C)cc1C#CCN. The van der Waals surface area contributed by atoms with Crippen molar-refractivity contribution in [3.05, 3.63) is 29.3 Å². The molecule has 0 saturated carbocycles. The summed E-state index contributed by atoms with van der Waals surface area (Å²) in [6.45, 7) is 4.89. The highest BCUT2D eigenvalue weighted by molar-refractivity contribution is 5.48. The summed E-state index contributed by atoms with van der Waals surface area (Å²) in [5.74, 6) is 6.84. The zero-order chi connectivity index (χ0) is 15.1. The van der Waals surface area contributed by atoms with Crippen molar-refractivity contribution in [1.29, 1.82) is 0 Å². The van der Waals surface area contributed by atoms with Crippen LogP contribution in [0.2, 0.25) is 0 Å².